The zero-order chi connectivity index (χ0) is 22.6. The molecule has 3 heteroatoms. The van der Waals surface area contributed by atoms with E-state index in [1.54, 1.807) is 0 Å². The highest BCUT2D eigenvalue weighted by Gasteiger charge is 2.26. The van der Waals surface area contributed by atoms with Crippen molar-refractivity contribution in [3.8, 4) is 0 Å². The molecule has 1 aliphatic carbocycles. The summed E-state index contributed by atoms with van der Waals surface area (Å²) in [5.41, 5.74) is 10.6. The fraction of sp³-hybridized carbons (Fsp3) is 0.692. The van der Waals surface area contributed by atoms with Crippen LogP contribution < -0.4 is 5.73 Å². The molecule has 0 radical (unpaired) electrons. The molecule has 1 unspecified atom stereocenters. The van der Waals surface area contributed by atoms with Crippen molar-refractivity contribution in [1.82, 2.24) is 4.90 Å². The molecule has 0 spiro atoms. The van der Waals surface area contributed by atoms with Crippen LogP contribution in [0.15, 0.2) is 48.0 Å². The molecule has 0 saturated heterocycles. The summed E-state index contributed by atoms with van der Waals surface area (Å²) in [6, 6.07) is 0.319. The molecule has 0 aromatic carbocycles. The predicted molar refractivity (Wildman–Crippen MR) is 130 cm³/mol. The van der Waals surface area contributed by atoms with Gasteiger partial charge in [-0.15, -0.1) is 0 Å². The van der Waals surface area contributed by atoms with Crippen molar-refractivity contribution in [2.45, 2.75) is 106 Å². The van der Waals surface area contributed by atoms with E-state index in [1.165, 1.54) is 12.8 Å². The van der Waals surface area contributed by atoms with Crippen LogP contribution in [-0.4, -0.2) is 23.6 Å². The van der Waals surface area contributed by atoms with Gasteiger partial charge in [-0.1, -0.05) is 58.9 Å². The van der Waals surface area contributed by atoms with Crippen molar-refractivity contribution in [3.05, 3.63) is 48.0 Å². The SMILES string of the molecule is C=C(C)/C(C)=C(\C(=C)OC(C)C)N(CC1CCC[C@H](N)C1)C(=C)CCCC.CC. The van der Waals surface area contributed by atoms with Gasteiger partial charge in [-0.3, -0.25) is 0 Å². The van der Waals surface area contributed by atoms with Gasteiger partial charge in [0.2, 0.25) is 0 Å². The van der Waals surface area contributed by atoms with Crippen LogP contribution in [0.2, 0.25) is 0 Å². The van der Waals surface area contributed by atoms with Crippen LogP contribution in [-0.2, 0) is 4.74 Å². The first-order valence-corrected chi connectivity index (χ1v) is 11.6. The zero-order valence-electron chi connectivity index (χ0n) is 20.4. The maximum atomic E-state index is 6.26. The minimum absolute atomic E-state index is 0.0827. The normalized spacial score (nSPS) is 19.6. The van der Waals surface area contributed by atoms with Gasteiger partial charge in [0.15, 0.2) is 0 Å². The van der Waals surface area contributed by atoms with Gasteiger partial charge in [-0.2, -0.15) is 0 Å². The summed E-state index contributed by atoms with van der Waals surface area (Å²) in [7, 11) is 0. The Morgan fingerprint density at radius 1 is 1.14 bits per heavy atom. The van der Waals surface area contributed by atoms with Crippen molar-refractivity contribution in [2.24, 2.45) is 11.7 Å². The third kappa shape index (κ3) is 9.71. The fourth-order valence-corrected chi connectivity index (χ4v) is 3.76. The van der Waals surface area contributed by atoms with E-state index in [0.29, 0.717) is 17.7 Å². The number of hydrogen-bond acceptors (Lipinski definition) is 3. The van der Waals surface area contributed by atoms with Gasteiger partial charge < -0.3 is 15.4 Å². The first-order valence-electron chi connectivity index (χ1n) is 11.6. The molecule has 3 nitrogen and oxygen atoms in total. The zero-order valence-corrected chi connectivity index (χ0v) is 20.4. The van der Waals surface area contributed by atoms with Crippen molar-refractivity contribution in [3.63, 3.8) is 0 Å². The van der Waals surface area contributed by atoms with E-state index in [1.807, 2.05) is 34.6 Å². The van der Waals surface area contributed by atoms with E-state index in [-0.39, 0.29) is 6.10 Å². The van der Waals surface area contributed by atoms with E-state index in [9.17, 15) is 0 Å². The predicted octanol–water partition coefficient (Wildman–Crippen LogP) is 7.32. The van der Waals surface area contributed by atoms with Crippen LogP contribution in [0.25, 0.3) is 0 Å². The molecular weight excluding hydrogens is 356 g/mol. The summed E-state index contributed by atoms with van der Waals surface area (Å²) in [5.74, 6) is 1.29. The molecule has 0 amide bonds. The Balaban J connectivity index is 0.00000379. The smallest absolute Gasteiger partial charge is 0.136 e. The Kier molecular flexibility index (Phi) is 13.8. The lowest BCUT2D eigenvalue weighted by Gasteiger charge is -2.37. The number of rotatable bonds is 11. The Morgan fingerprint density at radius 3 is 2.24 bits per heavy atom. The molecule has 1 rings (SSSR count). The molecule has 0 heterocycles. The monoisotopic (exact) mass is 404 g/mol. The first-order chi connectivity index (χ1) is 13.7. The highest BCUT2D eigenvalue weighted by atomic mass is 16.5. The molecule has 0 aliphatic heterocycles. The highest BCUT2D eigenvalue weighted by Crippen LogP contribution is 2.33. The van der Waals surface area contributed by atoms with Crippen molar-refractivity contribution in [1.29, 1.82) is 0 Å². The molecule has 1 aliphatic rings. The van der Waals surface area contributed by atoms with Crippen LogP contribution in [0, 0.1) is 5.92 Å². The maximum Gasteiger partial charge on any atom is 0.136 e. The maximum absolute atomic E-state index is 6.26. The number of nitrogens with two attached hydrogens (primary N) is 1. The van der Waals surface area contributed by atoms with Gasteiger partial charge in [-0.25, -0.2) is 0 Å². The van der Waals surface area contributed by atoms with E-state index < -0.39 is 0 Å². The molecule has 168 valence electrons. The third-order valence-electron chi connectivity index (χ3n) is 5.37. The lowest BCUT2D eigenvalue weighted by Crippen LogP contribution is -2.36. The summed E-state index contributed by atoms with van der Waals surface area (Å²) in [6.07, 6.45) is 8.01. The molecule has 0 aromatic heterocycles. The average molecular weight is 405 g/mol. The van der Waals surface area contributed by atoms with Crippen LogP contribution in [0.1, 0.15) is 93.4 Å². The van der Waals surface area contributed by atoms with Gasteiger partial charge in [0, 0.05) is 18.3 Å². The summed E-state index contributed by atoms with van der Waals surface area (Å²) in [4.78, 5) is 2.35. The van der Waals surface area contributed by atoms with E-state index in [0.717, 1.165) is 61.2 Å². The number of allylic oxidation sites excluding steroid dienone is 3. The van der Waals surface area contributed by atoms with Crippen molar-refractivity contribution < 1.29 is 4.74 Å². The lowest BCUT2D eigenvalue weighted by atomic mass is 9.85. The quantitative estimate of drug-likeness (QED) is 0.289. The number of ether oxygens (including phenoxy) is 1. The van der Waals surface area contributed by atoms with Gasteiger partial charge >= 0.3 is 0 Å². The van der Waals surface area contributed by atoms with Crippen LogP contribution >= 0.6 is 0 Å². The molecule has 2 atom stereocenters. The molecule has 0 bridgehead atoms. The van der Waals surface area contributed by atoms with E-state index in [2.05, 4.69) is 38.5 Å². The first kappa shape index (κ1) is 27.5. The molecular formula is C26H48N2O. The fourth-order valence-electron chi connectivity index (χ4n) is 3.76. The second-order valence-corrected chi connectivity index (χ2v) is 8.42. The Hall–Kier alpha value is -1.48. The van der Waals surface area contributed by atoms with Gasteiger partial charge in [-0.05, 0) is 71.3 Å². The molecule has 0 aromatic rings. The average Bonchev–Trinajstić information content (AvgIpc) is 2.66. The van der Waals surface area contributed by atoms with Gasteiger partial charge in [0.05, 0.1) is 11.8 Å². The second-order valence-electron chi connectivity index (χ2n) is 8.42. The van der Waals surface area contributed by atoms with E-state index in [4.69, 9.17) is 10.5 Å². The minimum atomic E-state index is 0.0827. The summed E-state index contributed by atoms with van der Waals surface area (Å²) >= 11 is 0. The molecule has 1 saturated carbocycles. The molecule has 1 fully saturated rings. The Labute approximate surface area is 181 Å². The van der Waals surface area contributed by atoms with Crippen LogP contribution in [0.3, 0.4) is 0 Å². The third-order valence-corrected chi connectivity index (χ3v) is 5.37. The standard InChI is InChI=1S/C24H42N2O.C2H6/c1-9-10-12-19(6)26(16-22-13-11-14-23(25)15-22)24(20(7)17(2)3)21(8)27-18(4)5;1-2/h18,22-23H,2,6,8-16,25H2,1,3-5,7H3;1-2H3/b24-20+;/t22?,23-;/m0./s1. The number of hydrogen-bond donors (Lipinski definition) is 1. The van der Waals surface area contributed by atoms with Crippen LogP contribution in [0.4, 0.5) is 0 Å². The largest absolute Gasteiger partial charge is 0.489 e. The summed E-state index contributed by atoms with van der Waals surface area (Å²) in [6.45, 7) is 28.2. The molecule has 2 N–H and O–H groups in total. The van der Waals surface area contributed by atoms with Crippen molar-refractivity contribution >= 4 is 0 Å². The Morgan fingerprint density at radius 2 is 1.76 bits per heavy atom. The van der Waals surface area contributed by atoms with E-state index >= 15 is 0 Å². The van der Waals surface area contributed by atoms with Crippen molar-refractivity contribution in [2.75, 3.05) is 6.54 Å². The minimum Gasteiger partial charge on any atom is -0.489 e. The highest BCUT2D eigenvalue weighted by molar-refractivity contribution is 5.39. The van der Waals surface area contributed by atoms with Gasteiger partial charge in [0.1, 0.15) is 5.76 Å². The molecule has 29 heavy (non-hydrogen) atoms. The van der Waals surface area contributed by atoms with Crippen LogP contribution in [0.5, 0.6) is 0 Å². The topological polar surface area (TPSA) is 38.5 Å². The lowest BCUT2D eigenvalue weighted by molar-refractivity contribution is 0.140. The Bertz CT molecular complexity index is 559. The number of unbranched alkanes of at least 4 members (excludes halogenated alkanes) is 1. The van der Waals surface area contributed by atoms with Gasteiger partial charge in [0.25, 0.3) is 0 Å². The summed E-state index contributed by atoms with van der Waals surface area (Å²) < 4.78 is 6.03. The number of nitrogens with zero attached hydrogens (tertiary/aromatic N) is 1. The summed E-state index contributed by atoms with van der Waals surface area (Å²) in [5, 5.41) is 0. The second kappa shape index (κ2) is 14.5.